The number of fused-ring (bicyclic) bond motifs is 1. The lowest BCUT2D eigenvalue weighted by molar-refractivity contribution is 0.102. The Morgan fingerprint density at radius 3 is 2.85 bits per heavy atom. The second-order valence-electron chi connectivity index (χ2n) is 4.04. The minimum Gasteiger partial charge on any atom is -0.341 e. The van der Waals surface area contributed by atoms with Crippen LogP contribution >= 0.6 is 22.9 Å². The van der Waals surface area contributed by atoms with Gasteiger partial charge in [0.15, 0.2) is 10.8 Å². The Morgan fingerprint density at radius 1 is 1.35 bits per heavy atom. The van der Waals surface area contributed by atoms with E-state index in [1.54, 1.807) is 6.92 Å². The van der Waals surface area contributed by atoms with Crippen LogP contribution in [0.25, 0.3) is 11.2 Å². The maximum absolute atomic E-state index is 12.1. The molecule has 0 unspecified atom stereocenters. The van der Waals surface area contributed by atoms with E-state index >= 15 is 0 Å². The van der Waals surface area contributed by atoms with Crippen LogP contribution in [0.2, 0.25) is 5.15 Å². The molecule has 3 rings (SSSR count). The van der Waals surface area contributed by atoms with Gasteiger partial charge >= 0.3 is 0 Å². The first kappa shape index (κ1) is 12.9. The van der Waals surface area contributed by atoms with Gasteiger partial charge in [-0.25, -0.2) is 9.97 Å². The fraction of sp³-hybridized carbons (Fsp3) is 0.182. The van der Waals surface area contributed by atoms with Crippen molar-refractivity contribution in [3.63, 3.8) is 0 Å². The zero-order valence-corrected chi connectivity index (χ0v) is 12.1. The molecule has 1 amide bonds. The third-order valence-corrected chi connectivity index (χ3v) is 3.92. The Hall–Kier alpha value is -2.06. The lowest BCUT2D eigenvalue weighted by Gasteiger charge is -2.02. The molecule has 0 aromatic carbocycles. The van der Waals surface area contributed by atoms with E-state index in [0.717, 1.165) is 5.01 Å². The Morgan fingerprint density at radius 2 is 2.15 bits per heavy atom. The van der Waals surface area contributed by atoms with E-state index in [2.05, 4.69) is 30.2 Å². The largest absolute Gasteiger partial charge is 0.341 e. The fourth-order valence-electron chi connectivity index (χ4n) is 1.75. The summed E-state index contributed by atoms with van der Waals surface area (Å²) in [6, 6.07) is 0. The second kappa shape index (κ2) is 4.80. The van der Waals surface area contributed by atoms with Gasteiger partial charge in [0.2, 0.25) is 5.95 Å². The van der Waals surface area contributed by atoms with Crippen molar-refractivity contribution in [2.24, 2.45) is 0 Å². The number of carbonyl (C=O) groups is 1. The number of hydrogen-bond donors (Lipinski definition) is 2. The summed E-state index contributed by atoms with van der Waals surface area (Å²) in [4.78, 5) is 31.8. The van der Waals surface area contributed by atoms with Crippen LogP contribution in [0.15, 0.2) is 6.33 Å². The van der Waals surface area contributed by atoms with Crippen molar-refractivity contribution < 1.29 is 4.79 Å². The molecule has 0 aliphatic rings. The molecule has 7 nitrogen and oxygen atoms in total. The van der Waals surface area contributed by atoms with E-state index in [1.807, 2.05) is 6.92 Å². The third-order valence-electron chi connectivity index (χ3n) is 2.58. The van der Waals surface area contributed by atoms with Crippen LogP contribution in [0, 0.1) is 13.8 Å². The van der Waals surface area contributed by atoms with Crippen molar-refractivity contribution in [1.29, 1.82) is 0 Å². The van der Waals surface area contributed by atoms with Gasteiger partial charge in [-0.15, -0.1) is 11.3 Å². The first-order chi connectivity index (χ1) is 9.54. The minimum atomic E-state index is -0.306. The van der Waals surface area contributed by atoms with E-state index in [1.165, 1.54) is 17.7 Å². The standard InChI is InChI=1S/C11H9ClN6OS/c1-4-7(20-5(2)15-4)10(19)18-11-16-8(12)6-9(17-11)14-3-13-6/h3H,1-2H3,(H2,13,14,16,17,18,19). The van der Waals surface area contributed by atoms with Crippen LogP contribution in [-0.4, -0.2) is 30.8 Å². The summed E-state index contributed by atoms with van der Waals surface area (Å²) in [5, 5.41) is 3.64. The van der Waals surface area contributed by atoms with Crippen LogP contribution in [0.5, 0.6) is 0 Å². The summed E-state index contributed by atoms with van der Waals surface area (Å²) in [5.74, 6) is -0.191. The number of anilines is 1. The highest BCUT2D eigenvalue weighted by Gasteiger charge is 2.16. The molecule has 9 heteroatoms. The number of aromatic amines is 1. The Kier molecular flexibility index (Phi) is 3.11. The van der Waals surface area contributed by atoms with E-state index < -0.39 is 0 Å². The first-order valence-corrected chi connectivity index (χ1v) is 6.86. The molecular weight excluding hydrogens is 300 g/mol. The van der Waals surface area contributed by atoms with Gasteiger partial charge in [0.05, 0.1) is 17.0 Å². The molecule has 0 radical (unpaired) electrons. The molecule has 0 atom stereocenters. The Bertz CT molecular complexity index is 810. The SMILES string of the molecule is Cc1nc(C)c(C(=O)Nc2nc(Cl)c3[nH]cnc3n2)s1. The molecule has 3 aromatic heterocycles. The molecule has 0 spiro atoms. The predicted molar refractivity (Wildman–Crippen MR) is 76.2 cm³/mol. The van der Waals surface area contributed by atoms with Gasteiger partial charge in [0.25, 0.3) is 5.91 Å². The van der Waals surface area contributed by atoms with Crippen molar-refractivity contribution >= 4 is 46.0 Å². The summed E-state index contributed by atoms with van der Waals surface area (Å²) < 4.78 is 0. The second-order valence-corrected chi connectivity index (χ2v) is 5.60. The van der Waals surface area contributed by atoms with Crippen LogP contribution in [0.3, 0.4) is 0 Å². The maximum atomic E-state index is 12.1. The number of aromatic nitrogens is 5. The van der Waals surface area contributed by atoms with Crippen LogP contribution in [0.4, 0.5) is 5.95 Å². The van der Waals surface area contributed by atoms with Crippen LogP contribution < -0.4 is 5.32 Å². The van der Waals surface area contributed by atoms with E-state index in [0.29, 0.717) is 21.7 Å². The van der Waals surface area contributed by atoms with E-state index in [9.17, 15) is 4.79 Å². The number of halogens is 1. The predicted octanol–water partition coefficient (Wildman–Crippen LogP) is 2.33. The lowest BCUT2D eigenvalue weighted by Crippen LogP contribution is -2.14. The van der Waals surface area contributed by atoms with E-state index in [4.69, 9.17) is 11.6 Å². The molecule has 20 heavy (non-hydrogen) atoms. The van der Waals surface area contributed by atoms with Crippen LogP contribution in [-0.2, 0) is 0 Å². The minimum absolute atomic E-state index is 0.116. The van der Waals surface area contributed by atoms with Crippen molar-refractivity contribution in [3.05, 3.63) is 27.1 Å². The molecular formula is C11H9ClN6OS. The molecule has 3 aromatic rings. The highest BCUT2D eigenvalue weighted by atomic mass is 35.5. The number of hydrogen-bond acceptors (Lipinski definition) is 6. The zero-order chi connectivity index (χ0) is 14.3. The van der Waals surface area contributed by atoms with Gasteiger partial charge in [-0.05, 0) is 13.8 Å². The van der Waals surface area contributed by atoms with E-state index in [-0.39, 0.29) is 17.0 Å². The molecule has 3 heterocycles. The summed E-state index contributed by atoms with van der Waals surface area (Å²) in [5.41, 5.74) is 1.61. The average molecular weight is 309 g/mol. The van der Waals surface area contributed by atoms with Crippen molar-refractivity contribution in [2.75, 3.05) is 5.32 Å². The number of nitrogens with one attached hydrogen (secondary N) is 2. The van der Waals surface area contributed by atoms with Crippen LogP contribution in [0.1, 0.15) is 20.4 Å². The first-order valence-electron chi connectivity index (χ1n) is 5.66. The van der Waals surface area contributed by atoms with Crippen molar-refractivity contribution in [1.82, 2.24) is 24.9 Å². The zero-order valence-electron chi connectivity index (χ0n) is 10.6. The molecule has 0 aliphatic carbocycles. The summed E-state index contributed by atoms with van der Waals surface area (Å²) in [7, 11) is 0. The number of carbonyl (C=O) groups excluding carboxylic acids is 1. The average Bonchev–Trinajstić information content (AvgIpc) is 2.95. The molecule has 0 fully saturated rings. The Balaban J connectivity index is 1.93. The molecule has 0 saturated heterocycles. The van der Waals surface area contributed by atoms with Gasteiger partial charge in [-0.1, -0.05) is 11.6 Å². The highest BCUT2D eigenvalue weighted by molar-refractivity contribution is 7.13. The number of H-pyrrole nitrogens is 1. The monoisotopic (exact) mass is 308 g/mol. The summed E-state index contributed by atoms with van der Waals surface area (Å²) in [6.07, 6.45) is 1.47. The summed E-state index contributed by atoms with van der Waals surface area (Å²) >= 11 is 7.30. The molecule has 0 aliphatic heterocycles. The molecule has 0 bridgehead atoms. The topological polar surface area (TPSA) is 96.5 Å². The number of thiazole rings is 1. The van der Waals surface area contributed by atoms with Gasteiger partial charge in [-0.3, -0.25) is 10.1 Å². The summed E-state index contributed by atoms with van der Waals surface area (Å²) in [6.45, 7) is 3.63. The lowest BCUT2D eigenvalue weighted by atomic mass is 10.4. The van der Waals surface area contributed by atoms with Gasteiger partial charge in [0.1, 0.15) is 10.4 Å². The number of amides is 1. The van der Waals surface area contributed by atoms with Crippen molar-refractivity contribution in [2.45, 2.75) is 13.8 Å². The maximum Gasteiger partial charge on any atom is 0.270 e. The molecule has 2 N–H and O–H groups in total. The molecule has 102 valence electrons. The quantitative estimate of drug-likeness (QED) is 0.708. The van der Waals surface area contributed by atoms with Gasteiger partial charge in [0, 0.05) is 0 Å². The van der Waals surface area contributed by atoms with Crippen molar-refractivity contribution in [3.8, 4) is 0 Å². The number of nitrogens with zero attached hydrogens (tertiary/aromatic N) is 4. The normalized spacial score (nSPS) is 10.9. The number of aryl methyl sites for hydroxylation is 2. The van der Waals surface area contributed by atoms with Gasteiger partial charge < -0.3 is 4.98 Å². The third kappa shape index (κ3) is 2.23. The number of rotatable bonds is 2. The highest BCUT2D eigenvalue weighted by Crippen LogP contribution is 2.21. The molecule has 0 saturated carbocycles. The smallest absolute Gasteiger partial charge is 0.270 e. The van der Waals surface area contributed by atoms with Gasteiger partial charge in [-0.2, -0.15) is 9.97 Å². The number of imidazole rings is 1. The fourth-order valence-corrected chi connectivity index (χ4v) is 2.79. The Labute approximate surface area is 122 Å².